The number of fused-ring (bicyclic) bond motifs is 1. The summed E-state index contributed by atoms with van der Waals surface area (Å²) in [7, 11) is 0. The Kier molecular flexibility index (Phi) is 7.45. The van der Waals surface area contributed by atoms with E-state index in [0.29, 0.717) is 43.7 Å². The highest BCUT2D eigenvalue weighted by Crippen LogP contribution is 2.37. The summed E-state index contributed by atoms with van der Waals surface area (Å²) in [5, 5.41) is 0. The van der Waals surface area contributed by atoms with Gasteiger partial charge in [-0.1, -0.05) is 12.1 Å². The molecule has 0 bridgehead atoms. The van der Waals surface area contributed by atoms with Crippen molar-refractivity contribution in [2.24, 2.45) is 5.92 Å². The molecule has 1 aromatic carbocycles. The van der Waals surface area contributed by atoms with E-state index in [0.717, 1.165) is 74.8 Å². The van der Waals surface area contributed by atoms with E-state index in [-0.39, 0.29) is 11.8 Å². The Morgan fingerprint density at radius 2 is 1.63 bits per heavy atom. The van der Waals surface area contributed by atoms with E-state index < -0.39 is 0 Å². The number of carbonyl (C=O) groups excluding carboxylic acids is 2. The van der Waals surface area contributed by atoms with Crippen LogP contribution in [0.4, 0.5) is 0 Å². The van der Waals surface area contributed by atoms with E-state index in [2.05, 4.69) is 33.8 Å². The van der Waals surface area contributed by atoms with Gasteiger partial charge in [-0.15, -0.1) is 0 Å². The molecule has 0 unspecified atom stereocenters. The molecule has 2 amide bonds. The summed E-state index contributed by atoms with van der Waals surface area (Å²) in [6.07, 6.45) is 11.8. The zero-order valence-electron chi connectivity index (χ0n) is 22.2. The van der Waals surface area contributed by atoms with Gasteiger partial charge in [-0.2, -0.15) is 0 Å². The van der Waals surface area contributed by atoms with Gasteiger partial charge in [-0.3, -0.25) is 14.6 Å². The first kappa shape index (κ1) is 25.1. The number of morpholine rings is 1. The smallest absolute Gasteiger partial charge is 0.257 e. The number of aromatic nitrogens is 2. The van der Waals surface area contributed by atoms with Crippen LogP contribution in [-0.2, 0) is 11.3 Å². The number of rotatable bonds is 5. The van der Waals surface area contributed by atoms with E-state index in [4.69, 9.17) is 4.74 Å². The topological polar surface area (TPSA) is 67.7 Å². The fourth-order valence-corrected chi connectivity index (χ4v) is 6.53. The van der Waals surface area contributed by atoms with Crippen molar-refractivity contribution in [2.45, 2.75) is 57.4 Å². The molecule has 0 N–H and O–H groups in total. The molecule has 7 heteroatoms. The lowest BCUT2D eigenvalue weighted by molar-refractivity contribution is 0.0304. The van der Waals surface area contributed by atoms with Crippen LogP contribution in [0.3, 0.4) is 0 Å². The second-order valence-electron chi connectivity index (χ2n) is 11.2. The van der Waals surface area contributed by atoms with Gasteiger partial charge in [-0.25, -0.2) is 0 Å². The molecule has 38 heavy (non-hydrogen) atoms. The van der Waals surface area contributed by atoms with Crippen LogP contribution < -0.4 is 0 Å². The van der Waals surface area contributed by atoms with Crippen molar-refractivity contribution >= 4 is 22.8 Å². The highest BCUT2D eigenvalue weighted by molar-refractivity contribution is 6.05. The van der Waals surface area contributed by atoms with Crippen LogP contribution in [0, 0.1) is 5.92 Å². The average Bonchev–Trinajstić information content (AvgIpc) is 3.36. The quantitative estimate of drug-likeness (QED) is 0.475. The molecule has 6 rings (SSSR count). The van der Waals surface area contributed by atoms with E-state index in [1.165, 1.54) is 12.0 Å². The van der Waals surface area contributed by atoms with Gasteiger partial charge >= 0.3 is 0 Å². The maximum atomic E-state index is 13.3. The van der Waals surface area contributed by atoms with Crippen molar-refractivity contribution in [3.63, 3.8) is 0 Å². The molecule has 7 nitrogen and oxygen atoms in total. The molecule has 3 aliphatic rings. The number of benzene rings is 1. The van der Waals surface area contributed by atoms with Crippen molar-refractivity contribution in [1.82, 2.24) is 19.4 Å². The highest BCUT2D eigenvalue weighted by Gasteiger charge is 2.27. The van der Waals surface area contributed by atoms with E-state index in [1.807, 2.05) is 28.1 Å². The fraction of sp³-hybridized carbons (Fsp3) is 0.516. The largest absolute Gasteiger partial charge is 0.378 e. The van der Waals surface area contributed by atoms with Gasteiger partial charge in [0.2, 0.25) is 0 Å². The molecule has 0 radical (unpaired) electrons. The zero-order chi connectivity index (χ0) is 25.9. The van der Waals surface area contributed by atoms with Crippen LogP contribution in [0.2, 0.25) is 0 Å². The van der Waals surface area contributed by atoms with Gasteiger partial charge < -0.3 is 19.1 Å². The number of ether oxygens (including phenoxy) is 1. The van der Waals surface area contributed by atoms with Crippen molar-refractivity contribution in [3.8, 4) is 0 Å². The van der Waals surface area contributed by atoms with Crippen molar-refractivity contribution in [3.05, 3.63) is 65.5 Å². The SMILES string of the molecule is O=C(c1cccc(C2CCC(Cn3cc(C(=O)N4CCOCC4)c4ncccc43)CC2)c1)N1CCCCC1. The van der Waals surface area contributed by atoms with Crippen LogP contribution in [0.1, 0.15) is 77.1 Å². The number of likely N-dealkylation sites (tertiary alicyclic amines) is 1. The second kappa shape index (κ2) is 11.3. The fourth-order valence-electron chi connectivity index (χ4n) is 6.53. The van der Waals surface area contributed by atoms with Crippen molar-refractivity contribution in [2.75, 3.05) is 39.4 Å². The summed E-state index contributed by atoms with van der Waals surface area (Å²) in [5.74, 6) is 1.31. The summed E-state index contributed by atoms with van der Waals surface area (Å²) in [6, 6.07) is 12.4. The van der Waals surface area contributed by atoms with E-state index in [9.17, 15) is 9.59 Å². The molecule has 3 aromatic rings. The van der Waals surface area contributed by atoms with Crippen molar-refractivity contribution < 1.29 is 14.3 Å². The number of amides is 2. The lowest BCUT2D eigenvalue weighted by atomic mass is 9.78. The Bertz CT molecular complexity index is 1280. The standard InChI is InChI=1S/C31H38N4O3/c36-30(33-14-2-1-3-15-33)26-7-4-6-25(20-26)24-11-9-23(10-12-24)21-35-22-27(29-28(35)8-5-13-32-29)31(37)34-16-18-38-19-17-34/h4-8,13,20,22-24H,1-3,9-12,14-19,21H2. The molecule has 2 saturated heterocycles. The van der Waals surface area contributed by atoms with Gasteiger partial charge in [0.05, 0.1) is 24.3 Å². The number of piperidine rings is 1. The third kappa shape index (κ3) is 5.21. The van der Waals surface area contributed by atoms with E-state index >= 15 is 0 Å². The van der Waals surface area contributed by atoms with Gasteiger partial charge in [0.15, 0.2) is 0 Å². The van der Waals surface area contributed by atoms with Crippen LogP contribution >= 0.6 is 0 Å². The maximum absolute atomic E-state index is 13.3. The Morgan fingerprint density at radius 3 is 2.42 bits per heavy atom. The first-order chi connectivity index (χ1) is 18.7. The van der Waals surface area contributed by atoms with E-state index in [1.54, 1.807) is 6.20 Å². The van der Waals surface area contributed by atoms with Gasteiger partial charge in [-0.05, 0) is 86.6 Å². The summed E-state index contributed by atoms with van der Waals surface area (Å²) < 4.78 is 7.68. The third-order valence-corrected chi connectivity index (χ3v) is 8.71. The summed E-state index contributed by atoms with van der Waals surface area (Å²) in [6.45, 7) is 5.13. The third-order valence-electron chi connectivity index (χ3n) is 8.71. The summed E-state index contributed by atoms with van der Waals surface area (Å²) in [4.78, 5) is 34.8. The van der Waals surface area contributed by atoms with Gasteiger partial charge in [0.1, 0.15) is 5.52 Å². The minimum atomic E-state index is 0.0541. The predicted molar refractivity (Wildman–Crippen MR) is 147 cm³/mol. The Hall–Kier alpha value is -3.19. The monoisotopic (exact) mass is 514 g/mol. The zero-order valence-corrected chi connectivity index (χ0v) is 22.2. The lowest BCUT2D eigenvalue weighted by Crippen LogP contribution is -2.40. The number of pyridine rings is 1. The molecule has 0 spiro atoms. The molecule has 1 aliphatic carbocycles. The molecule has 1 saturated carbocycles. The van der Waals surface area contributed by atoms with Crippen LogP contribution in [0.15, 0.2) is 48.8 Å². The van der Waals surface area contributed by atoms with Crippen molar-refractivity contribution in [1.29, 1.82) is 0 Å². The average molecular weight is 515 g/mol. The van der Waals surface area contributed by atoms with Gasteiger partial charge in [0, 0.05) is 50.7 Å². The second-order valence-corrected chi connectivity index (χ2v) is 11.2. The normalized spacial score (nSPS) is 22.5. The molecule has 4 heterocycles. The van der Waals surface area contributed by atoms with Crippen LogP contribution in [0.5, 0.6) is 0 Å². The number of hydrogen-bond acceptors (Lipinski definition) is 4. The predicted octanol–water partition coefficient (Wildman–Crippen LogP) is 5.11. The maximum Gasteiger partial charge on any atom is 0.257 e. The Morgan fingerprint density at radius 1 is 0.868 bits per heavy atom. The number of carbonyl (C=O) groups is 2. The minimum Gasteiger partial charge on any atom is -0.378 e. The summed E-state index contributed by atoms with van der Waals surface area (Å²) >= 11 is 0. The molecule has 2 aromatic heterocycles. The first-order valence-electron chi connectivity index (χ1n) is 14.4. The summed E-state index contributed by atoms with van der Waals surface area (Å²) in [5.41, 5.74) is 4.69. The Balaban J connectivity index is 1.12. The lowest BCUT2D eigenvalue weighted by Gasteiger charge is -2.30. The molecular weight excluding hydrogens is 476 g/mol. The molecule has 200 valence electrons. The number of hydrogen-bond donors (Lipinski definition) is 0. The molecule has 0 atom stereocenters. The molecule has 2 aliphatic heterocycles. The number of nitrogens with zero attached hydrogens (tertiary/aromatic N) is 4. The molecule has 3 fully saturated rings. The van der Waals surface area contributed by atoms with Gasteiger partial charge in [0.25, 0.3) is 11.8 Å². The first-order valence-corrected chi connectivity index (χ1v) is 14.4. The molecular formula is C31H38N4O3. The highest BCUT2D eigenvalue weighted by atomic mass is 16.5. The van der Waals surface area contributed by atoms with Crippen LogP contribution in [-0.4, -0.2) is 70.6 Å². The van der Waals surface area contributed by atoms with Crippen LogP contribution in [0.25, 0.3) is 11.0 Å². The minimum absolute atomic E-state index is 0.0541. The Labute approximate surface area is 224 Å².